The minimum absolute atomic E-state index is 0.308. The van der Waals surface area contributed by atoms with E-state index in [1.165, 1.54) is 24.4 Å². The Labute approximate surface area is 165 Å². The molecule has 1 aliphatic carbocycles. The van der Waals surface area contributed by atoms with Gasteiger partial charge in [-0.05, 0) is 44.2 Å². The van der Waals surface area contributed by atoms with E-state index < -0.39 is 10.0 Å². The smallest absolute Gasteiger partial charge is 0.245 e. The van der Waals surface area contributed by atoms with Crippen LogP contribution in [0.15, 0.2) is 47.6 Å². The molecule has 7 heteroatoms. The third kappa shape index (κ3) is 3.02. The van der Waals surface area contributed by atoms with Crippen molar-refractivity contribution in [1.29, 1.82) is 0 Å². The summed E-state index contributed by atoms with van der Waals surface area (Å²) in [6.45, 7) is 4.04. The molecule has 1 unspecified atom stereocenters. The molecule has 5 rings (SSSR count). The number of hydrogen-bond acceptors (Lipinski definition) is 4. The number of imidazole rings is 1. The summed E-state index contributed by atoms with van der Waals surface area (Å²) in [5, 5.41) is 0.849. The van der Waals surface area contributed by atoms with E-state index in [4.69, 9.17) is 0 Å². The van der Waals surface area contributed by atoms with Crippen LogP contribution in [0.2, 0.25) is 0 Å². The molecule has 1 atom stereocenters. The monoisotopic (exact) mass is 396 g/mol. The summed E-state index contributed by atoms with van der Waals surface area (Å²) in [5.41, 5.74) is 1.72. The van der Waals surface area contributed by atoms with Crippen molar-refractivity contribution in [2.24, 2.45) is 5.92 Å². The first-order valence-corrected chi connectivity index (χ1v) is 11.3. The summed E-state index contributed by atoms with van der Waals surface area (Å²) in [6, 6.07) is 9.09. The van der Waals surface area contributed by atoms with Crippen LogP contribution >= 0.6 is 0 Å². The van der Waals surface area contributed by atoms with Gasteiger partial charge in [-0.3, -0.25) is 4.98 Å². The number of para-hydroxylation sites is 1. The summed E-state index contributed by atoms with van der Waals surface area (Å²) in [7, 11) is -3.56. The Kier molecular flexibility index (Phi) is 4.25. The van der Waals surface area contributed by atoms with Gasteiger partial charge in [0, 0.05) is 49.0 Å². The Morgan fingerprint density at radius 3 is 2.75 bits per heavy atom. The fraction of sp³-hybridized carbons (Fsp3) is 0.429. The van der Waals surface area contributed by atoms with Gasteiger partial charge in [0.25, 0.3) is 0 Å². The largest absolute Gasteiger partial charge is 0.332 e. The Morgan fingerprint density at radius 1 is 1.11 bits per heavy atom. The fourth-order valence-electron chi connectivity index (χ4n) is 4.23. The third-order valence-electron chi connectivity index (χ3n) is 5.93. The van der Waals surface area contributed by atoms with Gasteiger partial charge in [0.2, 0.25) is 10.0 Å². The van der Waals surface area contributed by atoms with Crippen molar-refractivity contribution in [3.05, 3.63) is 54.2 Å². The number of hydrogen-bond donors (Lipinski definition) is 0. The van der Waals surface area contributed by atoms with Gasteiger partial charge in [-0.1, -0.05) is 18.2 Å². The fourth-order valence-corrected chi connectivity index (χ4v) is 5.93. The summed E-state index contributed by atoms with van der Waals surface area (Å²) < 4.78 is 30.6. The maximum atomic E-state index is 13.3. The predicted octanol–water partition coefficient (Wildman–Crippen LogP) is 3.33. The Morgan fingerprint density at radius 2 is 1.93 bits per heavy atom. The number of pyridine rings is 1. The van der Waals surface area contributed by atoms with Gasteiger partial charge in [0.05, 0.1) is 5.52 Å². The minimum Gasteiger partial charge on any atom is -0.332 e. The number of rotatable bonds is 5. The molecule has 0 N–H and O–H groups in total. The van der Waals surface area contributed by atoms with Gasteiger partial charge >= 0.3 is 0 Å². The molecule has 0 amide bonds. The van der Waals surface area contributed by atoms with Crippen LogP contribution in [0.5, 0.6) is 0 Å². The lowest BCUT2D eigenvalue weighted by atomic mass is 10.1. The highest BCUT2D eigenvalue weighted by molar-refractivity contribution is 7.89. The van der Waals surface area contributed by atoms with Crippen LogP contribution in [-0.2, 0) is 16.6 Å². The molecule has 2 fully saturated rings. The molecule has 0 bridgehead atoms. The molecule has 0 radical (unpaired) electrons. The van der Waals surface area contributed by atoms with Crippen molar-refractivity contribution in [2.45, 2.75) is 43.5 Å². The van der Waals surface area contributed by atoms with Crippen molar-refractivity contribution in [1.82, 2.24) is 18.8 Å². The molecule has 0 spiro atoms. The van der Waals surface area contributed by atoms with Crippen LogP contribution in [0.4, 0.5) is 0 Å². The van der Waals surface area contributed by atoms with E-state index in [0.29, 0.717) is 35.3 Å². The SMILES string of the molecule is Cc1cnc(C2CC2)n1CC1CCN(S(=O)(=O)c2cccc3cccnc23)C1. The van der Waals surface area contributed by atoms with Crippen LogP contribution in [-0.4, -0.2) is 40.3 Å². The van der Waals surface area contributed by atoms with Crippen molar-refractivity contribution >= 4 is 20.9 Å². The molecule has 1 aliphatic heterocycles. The zero-order valence-corrected chi connectivity index (χ0v) is 16.8. The molecule has 2 aliphatic rings. The average Bonchev–Trinajstić information content (AvgIpc) is 3.32. The lowest BCUT2D eigenvalue weighted by Crippen LogP contribution is -2.30. The first-order chi connectivity index (χ1) is 13.5. The first kappa shape index (κ1) is 17.8. The lowest BCUT2D eigenvalue weighted by Gasteiger charge is -2.19. The summed E-state index contributed by atoms with van der Waals surface area (Å²) in [4.78, 5) is 9.23. The summed E-state index contributed by atoms with van der Waals surface area (Å²) in [6.07, 6.45) is 6.90. The second-order valence-electron chi connectivity index (χ2n) is 7.99. The molecular formula is C21H24N4O2S. The topological polar surface area (TPSA) is 68.1 Å². The zero-order chi connectivity index (χ0) is 19.3. The normalized spacial score (nSPS) is 20.8. The van der Waals surface area contributed by atoms with Crippen LogP contribution in [0.25, 0.3) is 10.9 Å². The van der Waals surface area contributed by atoms with E-state index in [2.05, 4.69) is 21.5 Å². The number of aromatic nitrogens is 3. The van der Waals surface area contributed by atoms with Gasteiger partial charge in [0.1, 0.15) is 10.7 Å². The van der Waals surface area contributed by atoms with E-state index in [9.17, 15) is 8.42 Å². The number of aryl methyl sites for hydroxylation is 1. The molecule has 146 valence electrons. The van der Waals surface area contributed by atoms with Crippen LogP contribution in [0.3, 0.4) is 0 Å². The van der Waals surface area contributed by atoms with Crippen molar-refractivity contribution < 1.29 is 8.42 Å². The van der Waals surface area contributed by atoms with Gasteiger partial charge < -0.3 is 4.57 Å². The summed E-state index contributed by atoms with van der Waals surface area (Å²) in [5.74, 6) is 2.08. The van der Waals surface area contributed by atoms with Gasteiger partial charge in [-0.15, -0.1) is 0 Å². The van der Waals surface area contributed by atoms with E-state index >= 15 is 0 Å². The number of nitrogens with zero attached hydrogens (tertiary/aromatic N) is 4. The van der Waals surface area contributed by atoms with E-state index in [1.807, 2.05) is 24.4 Å². The average molecular weight is 397 g/mol. The van der Waals surface area contributed by atoms with E-state index in [0.717, 1.165) is 18.4 Å². The molecule has 1 saturated heterocycles. The molecule has 1 aromatic carbocycles. The summed E-state index contributed by atoms with van der Waals surface area (Å²) >= 11 is 0. The highest BCUT2D eigenvalue weighted by Crippen LogP contribution is 2.40. The van der Waals surface area contributed by atoms with Crippen molar-refractivity contribution in [3.63, 3.8) is 0 Å². The predicted molar refractivity (Wildman–Crippen MR) is 108 cm³/mol. The molecule has 3 aromatic rings. The molecule has 2 aromatic heterocycles. The number of fused-ring (bicyclic) bond motifs is 1. The molecule has 1 saturated carbocycles. The van der Waals surface area contributed by atoms with Crippen LogP contribution in [0, 0.1) is 12.8 Å². The molecule has 6 nitrogen and oxygen atoms in total. The first-order valence-electron chi connectivity index (χ1n) is 9.90. The van der Waals surface area contributed by atoms with Crippen molar-refractivity contribution in [2.75, 3.05) is 13.1 Å². The highest BCUT2D eigenvalue weighted by Gasteiger charge is 2.35. The van der Waals surface area contributed by atoms with Gasteiger partial charge in [-0.25, -0.2) is 13.4 Å². The second-order valence-corrected chi connectivity index (χ2v) is 9.90. The quantitative estimate of drug-likeness (QED) is 0.663. The highest BCUT2D eigenvalue weighted by atomic mass is 32.2. The molecular weight excluding hydrogens is 372 g/mol. The van der Waals surface area contributed by atoms with E-state index in [-0.39, 0.29) is 0 Å². The maximum Gasteiger partial charge on any atom is 0.245 e. The second kappa shape index (κ2) is 6.67. The Bertz CT molecular complexity index is 1130. The van der Waals surface area contributed by atoms with Gasteiger partial charge in [-0.2, -0.15) is 4.31 Å². The van der Waals surface area contributed by atoms with E-state index in [1.54, 1.807) is 22.6 Å². The number of sulfonamides is 1. The maximum absolute atomic E-state index is 13.3. The Balaban J connectivity index is 1.39. The zero-order valence-electron chi connectivity index (χ0n) is 16.0. The van der Waals surface area contributed by atoms with Crippen LogP contribution in [0.1, 0.15) is 36.7 Å². The Hall–Kier alpha value is -2.25. The van der Waals surface area contributed by atoms with Crippen molar-refractivity contribution in [3.8, 4) is 0 Å². The molecule has 3 heterocycles. The van der Waals surface area contributed by atoms with Crippen LogP contribution < -0.4 is 0 Å². The van der Waals surface area contributed by atoms with Gasteiger partial charge in [0.15, 0.2) is 0 Å². The lowest BCUT2D eigenvalue weighted by molar-refractivity contribution is 0.421. The third-order valence-corrected chi connectivity index (χ3v) is 7.83. The number of benzene rings is 1. The minimum atomic E-state index is -3.56. The molecule has 28 heavy (non-hydrogen) atoms. The standard InChI is InChI=1S/C21H24N4O2S/c1-15-12-23-21(18-7-8-18)25(15)14-16-9-11-24(13-16)28(26,27)19-6-2-4-17-5-3-10-22-20(17)19/h2-6,10,12,16,18H,7-9,11,13-14H2,1H3.